The first-order chi connectivity index (χ1) is 35.2. The van der Waals surface area contributed by atoms with Gasteiger partial charge in [-0.3, -0.25) is 0 Å². The Morgan fingerprint density at radius 3 is 0.845 bits per heavy atom. The molecule has 0 aliphatic rings. The molecule has 0 aromatic heterocycles. The van der Waals surface area contributed by atoms with Gasteiger partial charge >= 0.3 is 0 Å². The number of rotatable bonds is 7. The van der Waals surface area contributed by atoms with Crippen LogP contribution in [0.5, 0.6) is 0 Å². The molecule has 0 N–H and O–H groups in total. The number of hydrogen-bond acceptors (Lipinski definition) is 1. The van der Waals surface area contributed by atoms with Gasteiger partial charge in [-0.1, -0.05) is 224 Å². The maximum Gasteiger partial charge on any atom is 0.0468 e. The van der Waals surface area contributed by atoms with E-state index in [9.17, 15) is 0 Å². The normalized spacial score (nSPS) is 11.7. The van der Waals surface area contributed by atoms with E-state index in [1.54, 1.807) is 0 Å². The molecule has 0 radical (unpaired) electrons. The highest BCUT2D eigenvalue weighted by molar-refractivity contribution is 6.26. The molecule has 71 heavy (non-hydrogen) atoms. The van der Waals surface area contributed by atoms with Crippen molar-refractivity contribution in [2.24, 2.45) is 0 Å². The number of hydrogen-bond donors (Lipinski definition) is 0. The highest BCUT2D eigenvalue weighted by Crippen LogP contribution is 2.42. The van der Waals surface area contributed by atoms with Gasteiger partial charge < -0.3 is 4.90 Å². The van der Waals surface area contributed by atoms with Crippen molar-refractivity contribution in [2.45, 2.75) is 0 Å². The molecular weight excluding hydrogens is 855 g/mol. The Morgan fingerprint density at radius 2 is 0.423 bits per heavy atom. The fraction of sp³-hybridized carbons (Fsp3) is 0. The van der Waals surface area contributed by atoms with E-state index in [4.69, 9.17) is 0 Å². The van der Waals surface area contributed by atoms with E-state index in [0.717, 1.165) is 17.1 Å². The summed E-state index contributed by atoms with van der Waals surface area (Å²) in [5, 5.41) is 17.8. The maximum atomic E-state index is 2.40. The molecule has 0 amide bonds. The van der Waals surface area contributed by atoms with E-state index in [-0.39, 0.29) is 0 Å². The molecule has 0 heterocycles. The lowest BCUT2D eigenvalue weighted by atomic mass is 9.94. The molecule has 14 aromatic rings. The average molecular weight is 900 g/mol. The van der Waals surface area contributed by atoms with Gasteiger partial charge in [0.25, 0.3) is 0 Å². The van der Waals surface area contributed by atoms with Gasteiger partial charge in [-0.15, -0.1) is 0 Å². The second-order valence-electron chi connectivity index (χ2n) is 18.9. The van der Waals surface area contributed by atoms with E-state index >= 15 is 0 Å². The van der Waals surface area contributed by atoms with Gasteiger partial charge in [0.05, 0.1) is 0 Å². The summed E-state index contributed by atoms with van der Waals surface area (Å²) in [7, 11) is 0. The van der Waals surface area contributed by atoms with Crippen LogP contribution >= 0.6 is 0 Å². The van der Waals surface area contributed by atoms with E-state index in [2.05, 4.69) is 278 Å². The van der Waals surface area contributed by atoms with E-state index in [1.807, 2.05) is 0 Å². The molecule has 0 aliphatic carbocycles. The summed E-state index contributed by atoms with van der Waals surface area (Å²) in [6, 6.07) is 101. The Balaban J connectivity index is 0.803. The summed E-state index contributed by atoms with van der Waals surface area (Å²) in [6.45, 7) is 0. The third-order valence-electron chi connectivity index (χ3n) is 14.8. The fourth-order valence-corrected chi connectivity index (χ4v) is 11.2. The lowest BCUT2D eigenvalue weighted by Crippen LogP contribution is -2.10. The summed E-state index contributed by atoms with van der Waals surface area (Å²) in [6.07, 6.45) is 0. The van der Waals surface area contributed by atoms with Crippen LogP contribution in [-0.2, 0) is 0 Å². The maximum absolute atomic E-state index is 2.40. The SMILES string of the molecule is c1ccc2c(c1)ccc1cc(-c3ccc(-c4ccc(N(c5ccc(-c6ccc(-c7ccc8c(ccc9ccccc98)c7)cc6)cc5)c5ccc6c7ccccc7c7ccccc7c6c5)cc4)cc3)ccc12. The topological polar surface area (TPSA) is 3.24 Å². The standard InChI is InChI=1S/C70H45N/c1-3-11-61-52(9-1)25-27-56-43-54(33-40-63(56)61)50-21-17-46(18-22-50)48-29-35-58(36-30-48)71(60-39-42-69-67-15-6-5-13-65(67)66-14-7-8-16-68(66)70(69)45-60)59-37-31-49(32-38-59)47-19-23-51(24-20-47)55-34-41-64-57(44-55)28-26-53-10-2-4-12-62(53)64/h1-45H. The van der Waals surface area contributed by atoms with Crippen LogP contribution in [0.3, 0.4) is 0 Å². The summed E-state index contributed by atoms with van der Waals surface area (Å²) in [4.78, 5) is 2.40. The van der Waals surface area contributed by atoms with Crippen LogP contribution in [0, 0.1) is 0 Å². The second-order valence-corrected chi connectivity index (χ2v) is 18.9. The Bertz CT molecular complexity index is 4120. The molecule has 0 unspecified atom stereocenters. The van der Waals surface area contributed by atoms with Crippen LogP contribution in [-0.4, -0.2) is 0 Å². The molecule has 1 heteroatoms. The van der Waals surface area contributed by atoms with Gasteiger partial charge in [0.15, 0.2) is 0 Å². The van der Waals surface area contributed by atoms with Gasteiger partial charge in [0.1, 0.15) is 0 Å². The van der Waals surface area contributed by atoms with E-state index < -0.39 is 0 Å². The van der Waals surface area contributed by atoms with Gasteiger partial charge in [-0.25, -0.2) is 0 Å². The Morgan fingerprint density at radius 1 is 0.155 bits per heavy atom. The number of benzene rings is 14. The molecular formula is C70H45N. The molecule has 0 atom stereocenters. The minimum absolute atomic E-state index is 1.10. The predicted octanol–water partition coefficient (Wildman–Crippen LogP) is 19.9. The zero-order chi connectivity index (χ0) is 46.8. The fourth-order valence-electron chi connectivity index (χ4n) is 11.2. The van der Waals surface area contributed by atoms with Crippen molar-refractivity contribution in [3.63, 3.8) is 0 Å². The predicted molar refractivity (Wildman–Crippen MR) is 305 cm³/mol. The van der Waals surface area contributed by atoms with Gasteiger partial charge in [0.2, 0.25) is 0 Å². The van der Waals surface area contributed by atoms with Crippen LogP contribution in [0.25, 0.3) is 120 Å². The number of fused-ring (bicyclic) bond motifs is 12. The lowest BCUT2D eigenvalue weighted by Gasteiger charge is -2.27. The molecule has 0 fully saturated rings. The molecule has 0 bridgehead atoms. The van der Waals surface area contributed by atoms with Crippen molar-refractivity contribution < 1.29 is 0 Å². The lowest BCUT2D eigenvalue weighted by molar-refractivity contribution is 1.29. The van der Waals surface area contributed by atoms with Crippen LogP contribution in [0.1, 0.15) is 0 Å². The minimum Gasteiger partial charge on any atom is -0.310 e. The van der Waals surface area contributed by atoms with E-state index in [1.165, 1.54) is 120 Å². The van der Waals surface area contributed by atoms with Crippen molar-refractivity contribution in [3.8, 4) is 44.5 Å². The Kier molecular flexibility index (Phi) is 9.60. The number of nitrogens with zero attached hydrogens (tertiary/aromatic N) is 1. The Hall–Kier alpha value is -9.30. The third kappa shape index (κ3) is 7.09. The van der Waals surface area contributed by atoms with Crippen LogP contribution in [0.15, 0.2) is 273 Å². The van der Waals surface area contributed by atoms with E-state index in [0.29, 0.717) is 0 Å². The smallest absolute Gasteiger partial charge is 0.0468 e. The highest BCUT2D eigenvalue weighted by Gasteiger charge is 2.17. The summed E-state index contributed by atoms with van der Waals surface area (Å²) < 4.78 is 0. The van der Waals surface area contributed by atoms with Gasteiger partial charge in [-0.05, 0) is 168 Å². The van der Waals surface area contributed by atoms with Crippen LogP contribution in [0.2, 0.25) is 0 Å². The summed E-state index contributed by atoms with van der Waals surface area (Å²) in [5.41, 5.74) is 12.9. The van der Waals surface area contributed by atoms with Crippen molar-refractivity contribution in [2.75, 3.05) is 4.90 Å². The zero-order valence-electron chi connectivity index (χ0n) is 38.9. The first kappa shape index (κ1) is 40.7. The quantitative estimate of drug-likeness (QED) is 0.144. The molecule has 0 saturated carbocycles. The monoisotopic (exact) mass is 899 g/mol. The van der Waals surface area contributed by atoms with Gasteiger partial charge in [0, 0.05) is 17.1 Å². The minimum atomic E-state index is 1.10. The first-order valence-electron chi connectivity index (χ1n) is 24.6. The van der Waals surface area contributed by atoms with Crippen molar-refractivity contribution in [1.82, 2.24) is 0 Å². The first-order valence-corrected chi connectivity index (χ1v) is 24.6. The van der Waals surface area contributed by atoms with Crippen molar-refractivity contribution in [3.05, 3.63) is 273 Å². The Labute approximate surface area is 412 Å². The molecule has 0 saturated heterocycles. The summed E-state index contributed by atoms with van der Waals surface area (Å²) in [5.74, 6) is 0. The van der Waals surface area contributed by atoms with Crippen molar-refractivity contribution >= 4 is 92.5 Å². The molecule has 14 rings (SSSR count). The molecule has 330 valence electrons. The van der Waals surface area contributed by atoms with Crippen LogP contribution < -0.4 is 4.90 Å². The van der Waals surface area contributed by atoms with Gasteiger partial charge in [-0.2, -0.15) is 0 Å². The zero-order valence-corrected chi connectivity index (χ0v) is 38.9. The second kappa shape index (κ2) is 16.7. The van der Waals surface area contributed by atoms with Crippen molar-refractivity contribution in [1.29, 1.82) is 0 Å². The third-order valence-corrected chi connectivity index (χ3v) is 14.8. The molecule has 0 aliphatic heterocycles. The van der Waals surface area contributed by atoms with Crippen LogP contribution in [0.4, 0.5) is 17.1 Å². The molecule has 1 nitrogen and oxygen atoms in total. The highest BCUT2D eigenvalue weighted by atomic mass is 15.1. The largest absolute Gasteiger partial charge is 0.310 e. The molecule has 0 spiro atoms. The average Bonchev–Trinajstić information content (AvgIpc) is 3.45. The molecule has 14 aromatic carbocycles. The summed E-state index contributed by atoms with van der Waals surface area (Å²) >= 11 is 0. The number of anilines is 3.